The van der Waals surface area contributed by atoms with Crippen LogP contribution in [0, 0.1) is 0 Å². The SMILES string of the molecule is COC(=O)c1cccc(-c2cccc(CC3(C(=O)OC(C)(C)C)C=CC=N3)c2)c1. The van der Waals surface area contributed by atoms with Crippen molar-refractivity contribution in [3.8, 4) is 11.1 Å². The first-order chi connectivity index (χ1) is 13.7. The van der Waals surface area contributed by atoms with Crippen LogP contribution in [0.25, 0.3) is 11.1 Å². The highest BCUT2D eigenvalue weighted by Gasteiger charge is 2.40. The molecule has 1 atom stereocenters. The fourth-order valence-electron chi connectivity index (χ4n) is 3.20. The molecular formula is C24H25NO4. The Morgan fingerprint density at radius 1 is 1.03 bits per heavy atom. The third-order valence-electron chi connectivity index (χ3n) is 4.53. The zero-order valence-corrected chi connectivity index (χ0v) is 17.1. The van der Waals surface area contributed by atoms with Crippen molar-refractivity contribution in [2.45, 2.75) is 38.3 Å². The molecule has 1 aliphatic heterocycles. The van der Waals surface area contributed by atoms with E-state index in [9.17, 15) is 9.59 Å². The second-order valence-electron chi connectivity index (χ2n) is 8.01. The number of ether oxygens (including phenoxy) is 2. The number of allylic oxidation sites excluding steroid dienone is 1. The number of hydrogen-bond acceptors (Lipinski definition) is 5. The zero-order valence-electron chi connectivity index (χ0n) is 17.1. The fourth-order valence-corrected chi connectivity index (χ4v) is 3.20. The molecule has 150 valence electrons. The van der Waals surface area contributed by atoms with Crippen LogP contribution < -0.4 is 0 Å². The number of aliphatic imine (C=N–C) groups is 1. The number of rotatable bonds is 5. The number of esters is 2. The van der Waals surface area contributed by atoms with Crippen LogP contribution in [0.1, 0.15) is 36.7 Å². The van der Waals surface area contributed by atoms with Crippen molar-refractivity contribution in [3.05, 3.63) is 71.8 Å². The van der Waals surface area contributed by atoms with E-state index in [0.717, 1.165) is 16.7 Å². The molecule has 2 aromatic carbocycles. The van der Waals surface area contributed by atoms with Gasteiger partial charge in [-0.3, -0.25) is 4.99 Å². The Morgan fingerprint density at radius 2 is 1.72 bits per heavy atom. The van der Waals surface area contributed by atoms with Crippen LogP contribution in [0.15, 0.2) is 65.7 Å². The molecule has 1 aliphatic rings. The smallest absolute Gasteiger partial charge is 0.338 e. The topological polar surface area (TPSA) is 65.0 Å². The summed E-state index contributed by atoms with van der Waals surface area (Å²) >= 11 is 0. The van der Waals surface area contributed by atoms with Crippen molar-refractivity contribution in [2.75, 3.05) is 7.11 Å². The van der Waals surface area contributed by atoms with E-state index in [1.54, 1.807) is 30.5 Å². The number of carbonyl (C=O) groups is 2. The molecule has 1 unspecified atom stereocenters. The maximum Gasteiger partial charge on any atom is 0.338 e. The minimum absolute atomic E-state index is 0.368. The second kappa shape index (κ2) is 8.03. The van der Waals surface area contributed by atoms with Gasteiger partial charge in [0.1, 0.15) is 5.60 Å². The van der Waals surface area contributed by atoms with Crippen LogP contribution in [0.5, 0.6) is 0 Å². The largest absolute Gasteiger partial charge is 0.465 e. The van der Waals surface area contributed by atoms with E-state index in [0.29, 0.717) is 12.0 Å². The Kier molecular flexibility index (Phi) is 5.69. The lowest BCUT2D eigenvalue weighted by molar-refractivity contribution is -0.159. The Bertz CT molecular complexity index is 970. The van der Waals surface area contributed by atoms with Crippen molar-refractivity contribution in [2.24, 2.45) is 4.99 Å². The molecule has 5 nitrogen and oxygen atoms in total. The molecule has 1 heterocycles. The standard InChI is InChI=1S/C24H25NO4/c1-23(2,3)29-22(27)24(12-7-13-25-24)16-17-8-5-9-18(14-17)19-10-6-11-20(15-19)21(26)28-4/h5-15H,16H2,1-4H3. The van der Waals surface area contributed by atoms with Crippen LogP contribution in [0.4, 0.5) is 0 Å². The molecular weight excluding hydrogens is 366 g/mol. The van der Waals surface area contributed by atoms with Gasteiger partial charge in [0.15, 0.2) is 5.54 Å². The first kappa shape index (κ1) is 20.5. The normalized spacial score (nSPS) is 17.9. The van der Waals surface area contributed by atoms with Gasteiger partial charge in [-0.2, -0.15) is 0 Å². The Balaban J connectivity index is 1.90. The first-order valence-corrected chi connectivity index (χ1v) is 9.47. The molecule has 0 aromatic heterocycles. The van der Waals surface area contributed by atoms with Crippen molar-refractivity contribution in [3.63, 3.8) is 0 Å². The van der Waals surface area contributed by atoms with Crippen molar-refractivity contribution >= 4 is 18.2 Å². The van der Waals surface area contributed by atoms with Crippen LogP contribution in [0.2, 0.25) is 0 Å². The van der Waals surface area contributed by atoms with E-state index < -0.39 is 11.1 Å². The van der Waals surface area contributed by atoms with E-state index >= 15 is 0 Å². The molecule has 0 N–H and O–H groups in total. The van der Waals surface area contributed by atoms with E-state index in [1.807, 2.05) is 57.2 Å². The summed E-state index contributed by atoms with van der Waals surface area (Å²) in [4.78, 5) is 29.1. The number of benzene rings is 2. The van der Waals surface area contributed by atoms with E-state index in [-0.39, 0.29) is 11.9 Å². The van der Waals surface area contributed by atoms with Gasteiger partial charge in [0, 0.05) is 12.6 Å². The third kappa shape index (κ3) is 4.80. The van der Waals surface area contributed by atoms with Gasteiger partial charge < -0.3 is 9.47 Å². The molecule has 29 heavy (non-hydrogen) atoms. The fraction of sp³-hybridized carbons (Fsp3) is 0.292. The molecule has 0 aliphatic carbocycles. The monoisotopic (exact) mass is 391 g/mol. The average molecular weight is 391 g/mol. The lowest BCUT2D eigenvalue weighted by Gasteiger charge is -2.28. The minimum Gasteiger partial charge on any atom is -0.465 e. The molecule has 0 saturated heterocycles. The molecule has 3 rings (SSSR count). The molecule has 0 radical (unpaired) electrons. The number of nitrogens with zero attached hydrogens (tertiary/aromatic N) is 1. The second-order valence-corrected chi connectivity index (χ2v) is 8.01. The maximum atomic E-state index is 12.9. The molecule has 5 heteroatoms. The summed E-state index contributed by atoms with van der Waals surface area (Å²) in [5, 5.41) is 0. The van der Waals surface area contributed by atoms with Gasteiger partial charge >= 0.3 is 11.9 Å². The predicted molar refractivity (Wildman–Crippen MR) is 113 cm³/mol. The minimum atomic E-state index is -1.06. The highest BCUT2D eigenvalue weighted by molar-refractivity contribution is 5.92. The average Bonchev–Trinajstić information content (AvgIpc) is 3.16. The number of carbonyl (C=O) groups excluding carboxylic acids is 2. The lowest BCUT2D eigenvalue weighted by Crippen LogP contribution is -2.41. The predicted octanol–water partition coefficient (Wildman–Crippen LogP) is 4.40. The number of methoxy groups -OCH3 is 1. The molecule has 0 bridgehead atoms. The summed E-state index contributed by atoms with van der Waals surface area (Å²) in [5.41, 5.74) is 1.63. The van der Waals surface area contributed by atoms with Crippen molar-refractivity contribution in [1.82, 2.24) is 0 Å². The van der Waals surface area contributed by atoms with Crippen molar-refractivity contribution < 1.29 is 19.1 Å². The third-order valence-corrected chi connectivity index (χ3v) is 4.53. The van der Waals surface area contributed by atoms with Crippen molar-refractivity contribution in [1.29, 1.82) is 0 Å². The summed E-state index contributed by atoms with van der Waals surface area (Å²) in [6.45, 7) is 5.53. The van der Waals surface area contributed by atoms with Crippen LogP contribution in [-0.4, -0.2) is 36.4 Å². The van der Waals surface area contributed by atoms with Gasteiger partial charge in [0.2, 0.25) is 0 Å². The van der Waals surface area contributed by atoms with Gasteiger partial charge in [0.25, 0.3) is 0 Å². The molecule has 0 saturated carbocycles. The first-order valence-electron chi connectivity index (χ1n) is 9.47. The summed E-state index contributed by atoms with van der Waals surface area (Å²) in [6.07, 6.45) is 5.58. The highest BCUT2D eigenvalue weighted by Crippen LogP contribution is 2.29. The molecule has 0 amide bonds. The van der Waals surface area contributed by atoms with E-state index in [2.05, 4.69) is 4.99 Å². The lowest BCUT2D eigenvalue weighted by atomic mass is 9.90. The quantitative estimate of drug-likeness (QED) is 0.709. The van der Waals surface area contributed by atoms with Crippen LogP contribution in [0.3, 0.4) is 0 Å². The Morgan fingerprint density at radius 3 is 2.34 bits per heavy atom. The zero-order chi connectivity index (χ0) is 21.1. The van der Waals surface area contributed by atoms with Gasteiger partial charge in [-0.25, -0.2) is 9.59 Å². The Labute approximate surface area is 171 Å². The van der Waals surface area contributed by atoms with Gasteiger partial charge in [-0.1, -0.05) is 36.4 Å². The molecule has 0 spiro atoms. The van der Waals surface area contributed by atoms with Crippen LogP contribution in [-0.2, 0) is 20.7 Å². The van der Waals surface area contributed by atoms with E-state index in [4.69, 9.17) is 9.47 Å². The van der Waals surface area contributed by atoms with Gasteiger partial charge in [-0.05, 0) is 61.7 Å². The number of hydrogen-bond donors (Lipinski definition) is 0. The van der Waals surface area contributed by atoms with Crippen LogP contribution >= 0.6 is 0 Å². The Hall–Kier alpha value is -3.21. The summed E-state index contributed by atoms with van der Waals surface area (Å²) in [5.74, 6) is -0.745. The molecule has 0 fully saturated rings. The maximum absolute atomic E-state index is 12.9. The highest BCUT2D eigenvalue weighted by atomic mass is 16.6. The molecule has 2 aromatic rings. The summed E-state index contributed by atoms with van der Waals surface area (Å²) in [6, 6.07) is 15.1. The van der Waals surface area contributed by atoms with Gasteiger partial charge in [-0.15, -0.1) is 0 Å². The van der Waals surface area contributed by atoms with Gasteiger partial charge in [0.05, 0.1) is 12.7 Å². The summed E-state index contributed by atoms with van der Waals surface area (Å²) in [7, 11) is 1.36. The van der Waals surface area contributed by atoms with E-state index in [1.165, 1.54) is 7.11 Å². The summed E-state index contributed by atoms with van der Waals surface area (Å²) < 4.78 is 10.4.